The van der Waals surface area contributed by atoms with Crippen LogP contribution in [0.1, 0.15) is 54.4 Å². The molecule has 8 heteroatoms. The Morgan fingerprint density at radius 2 is 1.97 bits per heavy atom. The summed E-state index contributed by atoms with van der Waals surface area (Å²) in [5, 5.41) is 10.5. The summed E-state index contributed by atoms with van der Waals surface area (Å²) in [5.41, 5.74) is 1.55. The lowest BCUT2D eigenvalue weighted by molar-refractivity contribution is -0.123. The zero-order valence-corrected chi connectivity index (χ0v) is 18.1. The molecule has 1 aliphatic rings. The monoisotopic (exact) mass is 415 g/mol. The van der Waals surface area contributed by atoms with Crippen molar-refractivity contribution < 1.29 is 9.59 Å². The number of carbonyl (C=O) groups excluding carboxylic acids is 2. The van der Waals surface area contributed by atoms with Crippen LogP contribution < -0.4 is 10.6 Å². The second-order valence-corrected chi connectivity index (χ2v) is 8.21. The van der Waals surface area contributed by atoms with Crippen LogP contribution in [0.5, 0.6) is 0 Å². The highest BCUT2D eigenvalue weighted by atomic mass is 32.1. The van der Waals surface area contributed by atoms with Crippen molar-refractivity contribution in [3.8, 4) is 0 Å². The first kappa shape index (κ1) is 21.2. The lowest BCUT2D eigenvalue weighted by Gasteiger charge is -2.29. The van der Waals surface area contributed by atoms with Crippen molar-refractivity contribution >= 4 is 24.0 Å². The van der Waals surface area contributed by atoms with Crippen LogP contribution in [0, 0.1) is 17.6 Å². The number of hydrogen-bond acceptors (Lipinski definition) is 4. The summed E-state index contributed by atoms with van der Waals surface area (Å²) in [6.45, 7) is 4.41. The van der Waals surface area contributed by atoms with E-state index in [2.05, 4.69) is 22.7 Å². The molecule has 0 saturated heterocycles. The van der Waals surface area contributed by atoms with Crippen molar-refractivity contribution in [2.24, 2.45) is 13.0 Å². The van der Waals surface area contributed by atoms with Gasteiger partial charge in [-0.15, -0.1) is 0 Å². The lowest BCUT2D eigenvalue weighted by Crippen LogP contribution is -2.42. The van der Waals surface area contributed by atoms with Gasteiger partial charge in [-0.3, -0.25) is 9.59 Å². The number of nitrogens with one attached hydrogen (secondary N) is 2. The van der Waals surface area contributed by atoms with Crippen molar-refractivity contribution in [2.45, 2.75) is 58.7 Å². The van der Waals surface area contributed by atoms with Crippen LogP contribution in [0.3, 0.4) is 0 Å². The number of benzene rings is 1. The third-order valence-electron chi connectivity index (χ3n) is 5.68. The molecule has 1 fully saturated rings. The van der Waals surface area contributed by atoms with Gasteiger partial charge in [0.05, 0.1) is 6.54 Å². The molecule has 1 aromatic heterocycles. The molecule has 0 aliphatic heterocycles. The molecule has 2 atom stereocenters. The third-order valence-corrected chi connectivity index (χ3v) is 6.16. The molecular formula is C21H29N5O2S. The summed E-state index contributed by atoms with van der Waals surface area (Å²) in [5.74, 6) is 0.869. The molecule has 1 saturated carbocycles. The summed E-state index contributed by atoms with van der Waals surface area (Å²) in [7, 11) is 1.79. The molecule has 1 heterocycles. The van der Waals surface area contributed by atoms with Crippen molar-refractivity contribution in [3.05, 3.63) is 46.0 Å². The minimum atomic E-state index is -0.160. The number of aryl methyl sites for hydroxylation is 1. The van der Waals surface area contributed by atoms with Crippen molar-refractivity contribution in [1.29, 1.82) is 0 Å². The van der Waals surface area contributed by atoms with E-state index in [1.54, 1.807) is 17.7 Å². The summed E-state index contributed by atoms with van der Waals surface area (Å²) in [4.78, 5) is 24.9. The maximum Gasteiger partial charge on any atom is 0.251 e. The first-order chi connectivity index (χ1) is 13.9. The Kier molecular flexibility index (Phi) is 6.84. The molecule has 2 amide bonds. The molecule has 1 aromatic carbocycles. The molecule has 0 unspecified atom stereocenters. The Morgan fingerprint density at radius 3 is 2.69 bits per heavy atom. The Morgan fingerprint density at radius 1 is 1.24 bits per heavy atom. The smallest absolute Gasteiger partial charge is 0.251 e. The largest absolute Gasteiger partial charge is 0.351 e. The fourth-order valence-electron chi connectivity index (χ4n) is 3.79. The van der Waals surface area contributed by atoms with Crippen LogP contribution >= 0.6 is 12.2 Å². The molecule has 156 valence electrons. The number of rotatable bonds is 6. The number of aromatic nitrogens is 3. The zero-order valence-electron chi connectivity index (χ0n) is 17.3. The average Bonchev–Trinajstić information content (AvgIpc) is 2.96. The molecule has 2 aromatic rings. The van der Waals surface area contributed by atoms with Crippen LogP contribution in [-0.4, -0.2) is 32.2 Å². The Balaban J connectivity index is 1.62. The van der Waals surface area contributed by atoms with Gasteiger partial charge in [-0.25, -0.2) is 4.68 Å². The van der Waals surface area contributed by atoms with Gasteiger partial charge in [-0.1, -0.05) is 38.0 Å². The first-order valence-corrected chi connectivity index (χ1v) is 10.5. The van der Waals surface area contributed by atoms with Gasteiger partial charge in [0.15, 0.2) is 10.6 Å². The van der Waals surface area contributed by atoms with E-state index in [4.69, 9.17) is 12.2 Å². The van der Waals surface area contributed by atoms with Gasteiger partial charge >= 0.3 is 0 Å². The zero-order chi connectivity index (χ0) is 21.0. The molecule has 0 bridgehead atoms. The topological polar surface area (TPSA) is 80.9 Å². The van der Waals surface area contributed by atoms with E-state index in [1.165, 1.54) is 11.1 Å². The van der Waals surface area contributed by atoms with Gasteiger partial charge in [-0.05, 0) is 49.5 Å². The summed E-state index contributed by atoms with van der Waals surface area (Å²) < 4.78 is 3.70. The Labute approximate surface area is 176 Å². The predicted molar refractivity (Wildman–Crippen MR) is 114 cm³/mol. The highest BCUT2D eigenvalue weighted by Gasteiger charge is 2.23. The molecule has 0 spiro atoms. The van der Waals surface area contributed by atoms with Gasteiger partial charge in [0.1, 0.15) is 6.54 Å². The van der Waals surface area contributed by atoms with E-state index in [1.807, 2.05) is 25.1 Å². The molecule has 29 heavy (non-hydrogen) atoms. The average molecular weight is 416 g/mol. The fourth-order valence-corrected chi connectivity index (χ4v) is 4.00. The van der Waals surface area contributed by atoms with E-state index in [9.17, 15) is 9.59 Å². The molecule has 2 N–H and O–H groups in total. The van der Waals surface area contributed by atoms with E-state index in [0.717, 1.165) is 24.8 Å². The summed E-state index contributed by atoms with van der Waals surface area (Å²) in [6.07, 6.45) is 4.56. The molecule has 0 radical (unpaired) electrons. The van der Waals surface area contributed by atoms with E-state index >= 15 is 0 Å². The second kappa shape index (κ2) is 9.35. The quantitative estimate of drug-likeness (QED) is 0.711. The van der Waals surface area contributed by atoms with Crippen LogP contribution in [0.2, 0.25) is 0 Å². The van der Waals surface area contributed by atoms with Crippen LogP contribution in [0.25, 0.3) is 0 Å². The molecular weight excluding hydrogens is 386 g/mol. The van der Waals surface area contributed by atoms with Crippen molar-refractivity contribution in [2.75, 3.05) is 0 Å². The molecule has 3 rings (SSSR count). The van der Waals surface area contributed by atoms with Crippen LogP contribution in [0.4, 0.5) is 0 Å². The summed E-state index contributed by atoms with van der Waals surface area (Å²) >= 11 is 5.42. The highest BCUT2D eigenvalue weighted by Crippen LogP contribution is 2.23. The summed E-state index contributed by atoms with van der Waals surface area (Å²) in [6, 6.07) is 7.65. The van der Waals surface area contributed by atoms with Gasteiger partial charge in [-0.2, -0.15) is 5.10 Å². The van der Waals surface area contributed by atoms with E-state index < -0.39 is 0 Å². The second-order valence-electron chi connectivity index (χ2n) is 7.85. The van der Waals surface area contributed by atoms with Crippen LogP contribution in [-0.2, 0) is 24.9 Å². The normalized spacial score (nSPS) is 19.0. The number of carbonyl (C=O) groups is 2. The van der Waals surface area contributed by atoms with Gasteiger partial charge < -0.3 is 15.2 Å². The van der Waals surface area contributed by atoms with Gasteiger partial charge in [0, 0.05) is 18.7 Å². The number of hydrogen-bond donors (Lipinski definition) is 2. The Bertz CT molecular complexity index is 949. The SMILES string of the molecule is Cc1ccccc1C(=O)NCc1nn(CC(=O)N[C@@H]2CCCC[C@H]2C)c(=S)n1C. The van der Waals surface area contributed by atoms with Crippen molar-refractivity contribution in [3.63, 3.8) is 0 Å². The number of nitrogens with zero attached hydrogens (tertiary/aromatic N) is 3. The minimum Gasteiger partial charge on any atom is -0.351 e. The Hall–Kier alpha value is -2.48. The van der Waals surface area contributed by atoms with E-state index in [0.29, 0.717) is 22.1 Å². The lowest BCUT2D eigenvalue weighted by atomic mass is 9.86. The maximum atomic E-state index is 12.5. The van der Waals surface area contributed by atoms with Gasteiger partial charge in [0.2, 0.25) is 5.91 Å². The molecule has 1 aliphatic carbocycles. The highest BCUT2D eigenvalue weighted by molar-refractivity contribution is 7.71. The maximum absolute atomic E-state index is 12.5. The third kappa shape index (κ3) is 5.12. The van der Waals surface area contributed by atoms with Crippen LogP contribution in [0.15, 0.2) is 24.3 Å². The fraction of sp³-hybridized carbons (Fsp3) is 0.524. The van der Waals surface area contributed by atoms with Gasteiger partial charge in [0.25, 0.3) is 5.91 Å². The predicted octanol–water partition coefficient (Wildman–Crippen LogP) is 2.88. The molecule has 7 nitrogen and oxygen atoms in total. The standard InChI is InChI=1S/C21H29N5O2S/c1-14-8-4-6-10-16(14)20(28)22-12-18-24-26(21(29)25(18)3)13-19(27)23-17-11-7-5-9-15(17)2/h4,6,8,10,15,17H,5,7,9,11-13H2,1-3H3,(H,22,28)(H,23,27)/t15-,17-/m1/s1. The number of amides is 2. The minimum absolute atomic E-state index is 0.0755. The van der Waals surface area contributed by atoms with Crippen molar-refractivity contribution in [1.82, 2.24) is 25.0 Å². The van der Waals surface area contributed by atoms with E-state index in [-0.39, 0.29) is 30.9 Å². The first-order valence-electron chi connectivity index (χ1n) is 10.1.